The lowest BCUT2D eigenvalue weighted by atomic mass is 10.4. The molecule has 0 aliphatic heterocycles. The summed E-state index contributed by atoms with van der Waals surface area (Å²) in [6, 6.07) is 1.84. The van der Waals surface area contributed by atoms with Gasteiger partial charge in [-0.15, -0.1) is 5.10 Å². The topological polar surface area (TPSA) is 68.8 Å². The van der Waals surface area contributed by atoms with Crippen LogP contribution in [0.1, 0.15) is 12.6 Å². The zero-order chi connectivity index (χ0) is 12.4. The maximum absolute atomic E-state index is 11.1. The van der Waals surface area contributed by atoms with Crippen LogP contribution in [0, 0.1) is 0 Å². The van der Waals surface area contributed by atoms with Crippen molar-refractivity contribution in [3.05, 3.63) is 24.2 Å². The molecule has 0 aromatic carbocycles. The van der Waals surface area contributed by atoms with Gasteiger partial charge in [-0.3, -0.25) is 9.48 Å². The molecule has 0 spiro atoms. The van der Waals surface area contributed by atoms with Crippen LogP contribution in [0.2, 0.25) is 0 Å². The Morgan fingerprint density at radius 3 is 2.88 bits per heavy atom. The minimum absolute atomic E-state index is 0.00242. The van der Waals surface area contributed by atoms with Crippen LogP contribution < -0.4 is 0 Å². The summed E-state index contributed by atoms with van der Waals surface area (Å²) < 4.78 is 3.28. The van der Waals surface area contributed by atoms with Crippen LogP contribution >= 0.6 is 0 Å². The van der Waals surface area contributed by atoms with Gasteiger partial charge in [0, 0.05) is 33.3 Å². The number of aryl methyl sites for hydroxylation is 1. The van der Waals surface area contributed by atoms with Crippen molar-refractivity contribution in [1.29, 1.82) is 0 Å². The van der Waals surface area contributed by atoms with E-state index in [2.05, 4.69) is 15.4 Å². The van der Waals surface area contributed by atoms with E-state index in [1.54, 1.807) is 27.5 Å². The molecule has 0 bridgehead atoms. The van der Waals surface area contributed by atoms with Crippen molar-refractivity contribution in [2.45, 2.75) is 13.5 Å². The molecule has 0 N–H and O–H groups in total. The number of aromatic nitrogens is 5. The highest BCUT2D eigenvalue weighted by Gasteiger charge is 2.08. The van der Waals surface area contributed by atoms with Gasteiger partial charge in [-0.1, -0.05) is 5.21 Å². The molecular formula is C10H14N6O. The molecule has 0 atom stereocenters. The van der Waals surface area contributed by atoms with Gasteiger partial charge in [0.2, 0.25) is 5.91 Å². The second kappa shape index (κ2) is 4.36. The third-order valence-electron chi connectivity index (χ3n) is 2.41. The molecule has 17 heavy (non-hydrogen) atoms. The highest BCUT2D eigenvalue weighted by atomic mass is 16.2. The van der Waals surface area contributed by atoms with E-state index in [-0.39, 0.29) is 5.91 Å². The van der Waals surface area contributed by atoms with E-state index in [1.807, 2.05) is 19.3 Å². The fourth-order valence-electron chi connectivity index (χ4n) is 1.36. The van der Waals surface area contributed by atoms with E-state index < -0.39 is 0 Å². The zero-order valence-corrected chi connectivity index (χ0v) is 10.0. The lowest BCUT2D eigenvalue weighted by Gasteiger charge is -2.11. The summed E-state index contributed by atoms with van der Waals surface area (Å²) in [4.78, 5) is 12.7. The summed E-state index contributed by atoms with van der Waals surface area (Å²) in [6.45, 7) is 1.96. The molecule has 0 aliphatic carbocycles. The summed E-state index contributed by atoms with van der Waals surface area (Å²) in [7, 11) is 3.56. The molecule has 0 unspecified atom stereocenters. The van der Waals surface area contributed by atoms with Gasteiger partial charge in [-0.25, -0.2) is 4.68 Å². The van der Waals surface area contributed by atoms with Gasteiger partial charge in [0.05, 0.1) is 12.7 Å². The van der Waals surface area contributed by atoms with E-state index in [9.17, 15) is 4.79 Å². The quantitative estimate of drug-likeness (QED) is 0.748. The van der Waals surface area contributed by atoms with E-state index >= 15 is 0 Å². The third kappa shape index (κ3) is 2.49. The highest BCUT2D eigenvalue weighted by Crippen LogP contribution is 2.04. The van der Waals surface area contributed by atoms with Gasteiger partial charge < -0.3 is 4.90 Å². The van der Waals surface area contributed by atoms with E-state index in [0.29, 0.717) is 12.4 Å². The van der Waals surface area contributed by atoms with Crippen molar-refractivity contribution in [3.63, 3.8) is 0 Å². The molecule has 1 amide bonds. The first-order valence-electron chi connectivity index (χ1n) is 5.19. The van der Waals surface area contributed by atoms with Gasteiger partial charge in [-0.2, -0.15) is 5.10 Å². The Bertz CT molecular complexity index is 528. The Labute approximate surface area is 98.6 Å². The Kier molecular flexibility index (Phi) is 2.90. The second-order valence-corrected chi connectivity index (χ2v) is 3.88. The van der Waals surface area contributed by atoms with E-state index in [0.717, 1.165) is 5.69 Å². The van der Waals surface area contributed by atoms with Crippen LogP contribution in [0.25, 0.3) is 5.82 Å². The number of carbonyl (C=O) groups excluding carboxylic acids is 1. The molecule has 90 valence electrons. The van der Waals surface area contributed by atoms with Gasteiger partial charge >= 0.3 is 0 Å². The Balaban J connectivity index is 2.13. The largest absolute Gasteiger partial charge is 0.340 e. The molecule has 0 aliphatic rings. The summed E-state index contributed by atoms with van der Waals surface area (Å²) in [5, 5.41) is 12.2. The molecule has 0 saturated heterocycles. The molecule has 0 saturated carbocycles. The van der Waals surface area contributed by atoms with Crippen molar-refractivity contribution in [1.82, 2.24) is 29.7 Å². The number of rotatable bonds is 3. The monoisotopic (exact) mass is 234 g/mol. The first-order valence-corrected chi connectivity index (χ1v) is 5.19. The first-order chi connectivity index (χ1) is 8.06. The molecule has 0 radical (unpaired) electrons. The molecule has 2 aromatic rings. The fraction of sp³-hybridized carbons (Fsp3) is 0.400. The van der Waals surface area contributed by atoms with Crippen LogP contribution in [0.4, 0.5) is 0 Å². The minimum atomic E-state index is -0.00242. The number of hydrogen-bond donors (Lipinski definition) is 0. The Morgan fingerprint density at radius 1 is 1.53 bits per heavy atom. The smallest absolute Gasteiger partial charge is 0.219 e. The molecular weight excluding hydrogens is 220 g/mol. The molecule has 7 nitrogen and oxygen atoms in total. The third-order valence-corrected chi connectivity index (χ3v) is 2.41. The Morgan fingerprint density at radius 2 is 2.29 bits per heavy atom. The van der Waals surface area contributed by atoms with Gasteiger partial charge in [0.25, 0.3) is 0 Å². The first kappa shape index (κ1) is 11.3. The molecule has 2 aromatic heterocycles. The minimum Gasteiger partial charge on any atom is -0.340 e. The lowest BCUT2D eigenvalue weighted by molar-refractivity contribution is -0.128. The standard InChI is InChI=1S/C10H14N6O/c1-8(17)14(2)6-9-7-16(13-11-9)10-4-5-15(3)12-10/h4-5,7H,6H2,1-3H3. The van der Waals surface area contributed by atoms with Crippen molar-refractivity contribution in [2.75, 3.05) is 7.05 Å². The van der Waals surface area contributed by atoms with Gasteiger partial charge in [-0.05, 0) is 0 Å². The summed E-state index contributed by atoms with van der Waals surface area (Å²) >= 11 is 0. The van der Waals surface area contributed by atoms with E-state index in [4.69, 9.17) is 0 Å². The van der Waals surface area contributed by atoms with Crippen molar-refractivity contribution in [3.8, 4) is 5.82 Å². The van der Waals surface area contributed by atoms with Crippen LogP contribution in [0.3, 0.4) is 0 Å². The molecule has 2 heterocycles. The van der Waals surface area contributed by atoms with Crippen LogP contribution in [-0.4, -0.2) is 42.6 Å². The summed E-state index contributed by atoms with van der Waals surface area (Å²) in [5.41, 5.74) is 0.730. The highest BCUT2D eigenvalue weighted by molar-refractivity contribution is 5.72. The number of nitrogens with zero attached hydrogens (tertiary/aromatic N) is 6. The van der Waals surface area contributed by atoms with Gasteiger partial charge in [0.15, 0.2) is 5.82 Å². The van der Waals surface area contributed by atoms with Gasteiger partial charge in [0.1, 0.15) is 5.69 Å². The lowest BCUT2D eigenvalue weighted by Crippen LogP contribution is -2.23. The van der Waals surface area contributed by atoms with E-state index in [1.165, 1.54) is 6.92 Å². The summed E-state index contributed by atoms with van der Waals surface area (Å²) in [5.74, 6) is 0.703. The average molecular weight is 234 g/mol. The molecule has 0 fully saturated rings. The molecule has 2 rings (SSSR count). The Hall–Kier alpha value is -2.18. The SMILES string of the molecule is CC(=O)N(C)Cc1cn(-c2ccn(C)n2)nn1. The zero-order valence-electron chi connectivity index (χ0n) is 10.0. The second-order valence-electron chi connectivity index (χ2n) is 3.88. The fourth-order valence-corrected chi connectivity index (χ4v) is 1.36. The maximum Gasteiger partial charge on any atom is 0.219 e. The maximum atomic E-state index is 11.1. The summed E-state index contributed by atoms with van der Waals surface area (Å²) in [6.07, 6.45) is 3.60. The average Bonchev–Trinajstić information content (AvgIpc) is 2.86. The van der Waals surface area contributed by atoms with Crippen molar-refractivity contribution in [2.24, 2.45) is 7.05 Å². The number of hydrogen-bond acceptors (Lipinski definition) is 4. The van der Waals surface area contributed by atoms with Crippen molar-refractivity contribution < 1.29 is 4.79 Å². The van der Waals surface area contributed by atoms with Crippen LogP contribution in [0.5, 0.6) is 0 Å². The number of carbonyl (C=O) groups is 1. The molecule has 7 heteroatoms. The number of amides is 1. The van der Waals surface area contributed by atoms with Crippen LogP contribution in [-0.2, 0) is 18.4 Å². The van der Waals surface area contributed by atoms with Crippen LogP contribution in [0.15, 0.2) is 18.5 Å². The predicted octanol–water partition coefficient (Wildman–Crippen LogP) is -0.0209. The predicted molar refractivity (Wildman–Crippen MR) is 60.3 cm³/mol. The van der Waals surface area contributed by atoms with Crippen molar-refractivity contribution >= 4 is 5.91 Å². The normalized spacial score (nSPS) is 10.5.